The average Bonchev–Trinajstić information content (AvgIpc) is 2.69. The van der Waals surface area contributed by atoms with Gasteiger partial charge in [0.05, 0.1) is 18.7 Å². The molecule has 11 nitrogen and oxygen atoms in total. The Morgan fingerprint density at radius 1 is 1.10 bits per heavy atom. The number of carboxylic acids is 1. The van der Waals surface area contributed by atoms with E-state index in [9.17, 15) is 29.4 Å². The van der Waals surface area contributed by atoms with E-state index in [1.165, 1.54) is 19.1 Å². The van der Waals surface area contributed by atoms with Crippen molar-refractivity contribution < 1.29 is 34.5 Å². The molecule has 0 aliphatic rings. The van der Waals surface area contributed by atoms with Gasteiger partial charge in [-0.3, -0.25) is 14.4 Å². The fourth-order valence-electron chi connectivity index (χ4n) is 2.36. The van der Waals surface area contributed by atoms with Crippen LogP contribution in [0.2, 0.25) is 0 Å². The van der Waals surface area contributed by atoms with Crippen LogP contribution in [-0.2, 0) is 25.6 Å². The second-order valence-corrected chi connectivity index (χ2v) is 6.93. The molecule has 1 aromatic carbocycles. The van der Waals surface area contributed by atoms with Crippen LogP contribution in [-0.4, -0.2) is 75.5 Å². The number of hydrogen-bond donors (Lipinski definition) is 8. The summed E-state index contributed by atoms with van der Waals surface area (Å²) < 4.78 is 0. The summed E-state index contributed by atoms with van der Waals surface area (Å²) in [6.07, 6.45) is -1.16. The molecule has 0 heterocycles. The number of phenols is 1. The van der Waals surface area contributed by atoms with Gasteiger partial charge in [0.15, 0.2) is 6.04 Å². The highest BCUT2D eigenvalue weighted by atomic mass is 32.1. The topological polar surface area (TPSA) is 191 Å². The standard InChI is InChI=1S/C18H26N4O7S/c1-9(23)15(18(28)29)22-17(27)13(8-30)21-14(25)7-20-16(26)12(19)6-10-2-4-11(24)5-3-10/h2-5,9,12-13,15,23-24,30H,6-8,19H2,1H3,(H,20,26)(H,21,25)(H,22,27)(H,28,29). The largest absolute Gasteiger partial charge is 0.508 e. The van der Waals surface area contributed by atoms with Gasteiger partial charge in [0.25, 0.3) is 0 Å². The average molecular weight is 442 g/mol. The van der Waals surface area contributed by atoms with E-state index in [4.69, 9.17) is 10.8 Å². The van der Waals surface area contributed by atoms with Gasteiger partial charge < -0.3 is 37.0 Å². The number of nitrogens with one attached hydrogen (secondary N) is 3. The van der Waals surface area contributed by atoms with Crippen LogP contribution in [0.1, 0.15) is 12.5 Å². The SMILES string of the molecule is CC(O)C(NC(=O)C(CS)NC(=O)CNC(=O)C(N)Cc1ccc(O)cc1)C(=O)O. The second kappa shape index (κ2) is 12.0. The van der Waals surface area contributed by atoms with Crippen molar-refractivity contribution in [3.8, 4) is 5.75 Å². The van der Waals surface area contributed by atoms with Gasteiger partial charge in [0.1, 0.15) is 11.8 Å². The third kappa shape index (κ3) is 8.27. The highest BCUT2D eigenvalue weighted by molar-refractivity contribution is 7.80. The molecule has 0 radical (unpaired) electrons. The van der Waals surface area contributed by atoms with Crippen LogP contribution < -0.4 is 21.7 Å². The van der Waals surface area contributed by atoms with Gasteiger partial charge in [-0.2, -0.15) is 12.6 Å². The molecule has 4 atom stereocenters. The third-order valence-corrected chi connectivity index (χ3v) is 4.40. The van der Waals surface area contributed by atoms with Crippen molar-refractivity contribution in [3.63, 3.8) is 0 Å². The molecule has 30 heavy (non-hydrogen) atoms. The molecule has 8 N–H and O–H groups in total. The summed E-state index contributed by atoms with van der Waals surface area (Å²) in [7, 11) is 0. The van der Waals surface area contributed by atoms with Crippen molar-refractivity contribution in [3.05, 3.63) is 29.8 Å². The van der Waals surface area contributed by atoms with Crippen LogP contribution in [0.5, 0.6) is 5.75 Å². The van der Waals surface area contributed by atoms with Crippen LogP contribution >= 0.6 is 12.6 Å². The number of rotatable bonds is 11. The third-order valence-electron chi connectivity index (χ3n) is 4.03. The second-order valence-electron chi connectivity index (χ2n) is 6.56. The molecule has 12 heteroatoms. The molecular formula is C18H26N4O7S. The Hall–Kier alpha value is -2.83. The maximum atomic E-state index is 12.1. The first kappa shape index (κ1) is 25.2. The zero-order valence-corrected chi connectivity index (χ0v) is 17.1. The molecule has 4 unspecified atom stereocenters. The maximum absolute atomic E-state index is 12.1. The van der Waals surface area contributed by atoms with Gasteiger partial charge in [-0.05, 0) is 31.0 Å². The Balaban J connectivity index is 2.52. The number of amides is 3. The zero-order chi connectivity index (χ0) is 22.8. The highest BCUT2D eigenvalue weighted by Gasteiger charge is 2.29. The summed E-state index contributed by atoms with van der Waals surface area (Å²) in [5, 5.41) is 34.4. The van der Waals surface area contributed by atoms with Crippen molar-refractivity contribution in [1.82, 2.24) is 16.0 Å². The van der Waals surface area contributed by atoms with E-state index in [2.05, 4.69) is 28.6 Å². The fourth-order valence-corrected chi connectivity index (χ4v) is 2.62. The number of phenolic OH excluding ortho intramolecular Hbond substituents is 1. The molecule has 0 bridgehead atoms. The van der Waals surface area contributed by atoms with Crippen LogP contribution in [0.15, 0.2) is 24.3 Å². The molecule has 0 fully saturated rings. The number of hydrogen-bond acceptors (Lipinski definition) is 8. The minimum Gasteiger partial charge on any atom is -0.508 e. The summed E-state index contributed by atoms with van der Waals surface area (Å²) >= 11 is 3.95. The first-order valence-corrected chi connectivity index (χ1v) is 9.61. The van der Waals surface area contributed by atoms with Gasteiger partial charge in [-0.25, -0.2) is 4.79 Å². The Kier molecular flexibility index (Phi) is 10.1. The molecule has 0 aliphatic carbocycles. The Bertz CT molecular complexity index is 757. The summed E-state index contributed by atoms with van der Waals surface area (Å²) in [6, 6.07) is 2.49. The van der Waals surface area contributed by atoms with Crippen molar-refractivity contribution in [2.24, 2.45) is 5.73 Å². The van der Waals surface area contributed by atoms with E-state index in [-0.39, 0.29) is 17.9 Å². The normalized spacial score (nSPS) is 14.7. The molecular weight excluding hydrogens is 416 g/mol. The van der Waals surface area contributed by atoms with E-state index in [1.807, 2.05) is 0 Å². The lowest BCUT2D eigenvalue weighted by Crippen LogP contribution is -2.56. The van der Waals surface area contributed by atoms with Gasteiger partial charge >= 0.3 is 5.97 Å². The number of carbonyl (C=O) groups is 4. The molecule has 1 rings (SSSR count). The van der Waals surface area contributed by atoms with Gasteiger partial charge in [-0.15, -0.1) is 0 Å². The number of nitrogens with two attached hydrogens (primary N) is 1. The first-order valence-electron chi connectivity index (χ1n) is 8.97. The van der Waals surface area contributed by atoms with Crippen LogP contribution in [0.25, 0.3) is 0 Å². The lowest BCUT2D eigenvalue weighted by Gasteiger charge is -2.22. The van der Waals surface area contributed by atoms with Crippen molar-refractivity contribution >= 4 is 36.3 Å². The maximum Gasteiger partial charge on any atom is 0.328 e. The van der Waals surface area contributed by atoms with E-state index in [0.717, 1.165) is 5.56 Å². The summed E-state index contributed by atoms with van der Waals surface area (Å²) in [4.78, 5) is 47.2. The number of aliphatic carboxylic acids is 1. The number of aliphatic hydroxyl groups is 1. The first-order chi connectivity index (χ1) is 14.0. The Morgan fingerprint density at radius 3 is 2.20 bits per heavy atom. The lowest BCUT2D eigenvalue weighted by molar-refractivity contribution is -0.145. The van der Waals surface area contributed by atoms with E-state index in [0.29, 0.717) is 0 Å². The van der Waals surface area contributed by atoms with Crippen LogP contribution in [0.3, 0.4) is 0 Å². The minimum atomic E-state index is -1.55. The number of carboxylic acid groups (broad SMARTS) is 1. The molecule has 3 amide bonds. The van der Waals surface area contributed by atoms with Crippen molar-refractivity contribution in [2.75, 3.05) is 12.3 Å². The van der Waals surface area contributed by atoms with Crippen LogP contribution in [0.4, 0.5) is 0 Å². The number of aliphatic hydroxyl groups excluding tert-OH is 1. The van der Waals surface area contributed by atoms with Crippen molar-refractivity contribution in [2.45, 2.75) is 37.6 Å². The Morgan fingerprint density at radius 2 is 1.70 bits per heavy atom. The van der Waals surface area contributed by atoms with Gasteiger partial charge in [-0.1, -0.05) is 12.1 Å². The number of carbonyl (C=O) groups excluding carboxylic acids is 3. The van der Waals surface area contributed by atoms with E-state index >= 15 is 0 Å². The number of benzene rings is 1. The van der Waals surface area contributed by atoms with E-state index < -0.39 is 54.5 Å². The molecule has 166 valence electrons. The highest BCUT2D eigenvalue weighted by Crippen LogP contribution is 2.10. The molecule has 0 aliphatic heterocycles. The summed E-state index contributed by atoms with van der Waals surface area (Å²) in [5.74, 6) is -3.64. The van der Waals surface area contributed by atoms with Crippen molar-refractivity contribution in [1.29, 1.82) is 0 Å². The fraction of sp³-hybridized carbons (Fsp3) is 0.444. The van der Waals surface area contributed by atoms with Crippen LogP contribution in [0, 0.1) is 0 Å². The summed E-state index contributed by atoms with van der Waals surface area (Å²) in [5.41, 5.74) is 6.52. The number of thiol groups is 1. The molecule has 1 aromatic rings. The van der Waals surface area contributed by atoms with Gasteiger partial charge in [0, 0.05) is 5.75 Å². The summed E-state index contributed by atoms with van der Waals surface area (Å²) in [6.45, 7) is 0.739. The Labute approximate surface area is 178 Å². The molecule has 0 saturated heterocycles. The predicted molar refractivity (Wildman–Crippen MR) is 110 cm³/mol. The zero-order valence-electron chi connectivity index (χ0n) is 16.2. The quantitative estimate of drug-likeness (QED) is 0.176. The number of aromatic hydroxyl groups is 1. The smallest absolute Gasteiger partial charge is 0.328 e. The lowest BCUT2D eigenvalue weighted by atomic mass is 10.1. The minimum absolute atomic E-state index is 0.0827. The predicted octanol–water partition coefficient (Wildman–Crippen LogP) is -2.26. The monoisotopic (exact) mass is 442 g/mol. The van der Waals surface area contributed by atoms with Gasteiger partial charge in [0.2, 0.25) is 17.7 Å². The molecule has 0 spiro atoms. The molecule has 0 saturated carbocycles. The molecule has 0 aromatic heterocycles. The van der Waals surface area contributed by atoms with E-state index in [1.54, 1.807) is 12.1 Å².